The van der Waals surface area contributed by atoms with Gasteiger partial charge in [-0.2, -0.15) is 0 Å². The summed E-state index contributed by atoms with van der Waals surface area (Å²) in [7, 11) is 0. The molecule has 0 radical (unpaired) electrons. The number of aromatic nitrogens is 1. The SMILES string of the molecule is NC(=O)[C@@H]1CCCN(Cc2csc(-c3ccccc3Cl)n2)C1. The highest BCUT2D eigenvalue weighted by Gasteiger charge is 2.24. The number of halogens is 1. The largest absolute Gasteiger partial charge is 0.369 e. The lowest BCUT2D eigenvalue weighted by Gasteiger charge is -2.30. The van der Waals surface area contributed by atoms with Crippen molar-refractivity contribution in [2.45, 2.75) is 19.4 Å². The van der Waals surface area contributed by atoms with Gasteiger partial charge in [0.1, 0.15) is 5.01 Å². The van der Waals surface area contributed by atoms with Gasteiger partial charge in [-0.3, -0.25) is 9.69 Å². The number of amides is 1. The predicted molar refractivity (Wildman–Crippen MR) is 89.8 cm³/mol. The summed E-state index contributed by atoms with van der Waals surface area (Å²) in [6.07, 6.45) is 1.91. The fourth-order valence-corrected chi connectivity index (χ4v) is 3.93. The molecular formula is C16H18ClN3OS. The molecule has 116 valence electrons. The molecule has 22 heavy (non-hydrogen) atoms. The first-order valence-corrected chi connectivity index (χ1v) is 8.60. The maximum absolute atomic E-state index is 11.3. The Kier molecular flexibility index (Phi) is 4.76. The van der Waals surface area contributed by atoms with E-state index in [-0.39, 0.29) is 11.8 Å². The van der Waals surface area contributed by atoms with Crippen LogP contribution in [0.4, 0.5) is 0 Å². The van der Waals surface area contributed by atoms with Crippen LogP contribution in [0.3, 0.4) is 0 Å². The minimum Gasteiger partial charge on any atom is -0.369 e. The molecule has 0 spiro atoms. The third-order valence-electron chi connectivity index (χ3n) is 3.95. The van der Waals surface area contributed by atoms with Crippen molar-refractivity contribution in [1.82, 2.24) is 9.88 Å². The summed E-state index contributed by atoms with van der Waals surface area (Å²) in [4.78, 5) is 18.3. The second-order valence-electron chi connectivity index (χ2n) is 5.60. The Balaban J connectivity index is 1.70. The average molecular weight is 336 g/mol. The van der Waals surface area contributed by atoms with E-state index in [0.29, 0.717) is 0 Å². The Morgan fingerprint density at radius 2 is 2.27 bits per heavy atom. The van der Waals surface area contributed by atoms with Gasteiger partial charge in [-0.15, -0.1) is 11.3 Å². The number of likely N-dealkylation sites (tertiary alicyclic amines) is 1. The summed E-state index contributed by atoms with van der Waals surface area (Å²) in [5.41, 5.74) is 7.41. The highest BCUT2D eigenvalue weighted by atomic mass is 35.5. The van der Waals surface area contributed by atoms with Gasteiger partial charge < -0.3 is 5.73 Å². The van der Waals surface area contributed by atoms with Gasteiger partial charge in [0.15, 0.2) is 0 Å². The van der Waals surface area contributed by atoms with E-state index >= 15 is 0 Å². The Morgan fingerprint density at radius 1 is 1.45 bits per heavy atom. The first kappa shape index (κ1) is 15.5. The number of carbonyl (C=O) groups is 1. The predicted octanol–water partition coefficient (Wildman–Crippen LogP) is 3.16. The molecule has 4 nitrogen and oxygen atoms in total. The summed E-state index contributed by atoms with van der Waals surface area (Å²) in [5, 5.41) is 3.71. The van der Waals surface area contributed by atoms with Crippen molar-refractivity contribution < 1.29 is 4.79 Å². The van der Waals surface area contributed by atoms with Gasteiger partial charge in [-0.05, 0) is 25.5 Å². The zero-order valence-electron chi connectivity index (χ0n) is 12.2. The number of hydrogen-bond acceptors (Lipinski definition) is 4. The molecule has 0 bridgehead atoms. The van der Waals surface area contributed by atoms with Crippen molar-refractivity contribution in [2.24, 2.45) is 11.7 Å². The smallest absolute Gasteiger partial charge is 0.221 e. The van der Waals surface area contributed by atoms with Crippen molar-refractivity contribution in [3.05, 3.63) is 40.4 Å². The van der Waals surface area contributed by atoms with Gasteiger partial charge in [0.25, 0.3) is 0 Å². The zero-order chi connectivity index (χ0) is 15.5. The van der Waals surface area contributed by atoms with Crippen LogP contribution in [0, 0.1) is 5.92 Å². The average Bonchev–Trinajstić information content (AvgIpc) is 2.96. The molecule has 1 amide bonds. The van der Waals surface area contributed by atoms with E-state index in [9.17, 15) is 4.79 Å². The first-order chi connectivity index (χ1) is 10.6. The molecule has 1 aliphatic heterocycles. The molecule has 1 aromatic carbocycles. The number of nitrogens with zero attached hydrogens (tertiary/aromatic N) is 2. The quantitative estimate of drug-likeness (QED) is 0.933. The van der Waals surface area contributed by atoms with E-state index in [1.165, 1.54) is 0 Å². The summed E-state index contributed by atoms with van der Waals surface area (Å²) in [6, 6.07) is 7.73. The maximum Gasteiger partial charge on any atom is 0.221 e. The van der Waals surface area contributed by atoms with E-state index in [2.05, 4.69) is 15.3 Å². The molecular weight excluding hydrogens is 318 g/mol. The molecule has 0 saturated carbocycles. The number of carbonyl (C=O) groups excluding carboxylic acids is 1. The van der Waals surface area contributed by atoms with Gasteiger partial charge in [0.2, 0.25) is 5.91 Å². The standard InChI is InChI=1S/C16H18ClN3OS/c17-14-6-2-1-5-13(14)16-19-12(10-22-16)9-20-7-3-4-11(8-20)15(18)21/h1-2,5-6,10-11H,3-4,7-9H2,(H2,18,21)/t11-/m1/s1. The lowest BCUT2D eigenvalue weighted by atomic mass is 9.97. The highest BCUT2D eigenvalue weighted by molar-refractivity contribution is 7.13. The summed E-state index contributed by atoms with van der Waals surface area (Å²) < 4.78 is 0. The molecule has 0 unspecified atom stereocenters. The molecule has 1 saturated heterocycles. The third-order valence-corrected chi connectivity index (χ3v) is 5.20. The van der Waals surface area contributed by atoms with Crippen LogP contribution in [-0.4, -0.2) is 28.9 Å². The Bertz CT molecular complexity index is 673. The van der Waals surface area contributed by atoms with Gasteiger partial charge >= 0.3 is 0 Å². The Labute approximate surface area is 138 Å². The van der Waals surface area contributed by atoms with Crippen LogP contribution in [0.1, 0.15) is 18.5 Å². The monoisotopic (exact) mass is 335 g/mol. The minimum absolute atomic E-state index is 0.0320. The fraction of sp³-hybridized carbons (Fsp3) is 0.375. The molecule has 2 aromatic rings. The van der Waals surface area contributed by atoms with Crippen LogP contribution in [0.15, 0.2) is 29.6 Å². The van der Waals surface area contributed by atoms with Crippen LogP contribution in [-0.2, 0) is 11.3 Å². The van der Waals surface area contributed by atoms with Gasteiger partial charge in [0, 0.05) is 24.0 Å². The fourth-order valence-electron chi connectivity index (χ4n) is 2.80. The van der Waals surface area contributed by atoms with Crippen molar-refractivity contribution in [3.8, 4) is 10.6 Å². The molecule has 0 aliphatic carbocycles. The van der Waals surface area contributed by atoms with E-state index in [4.69, 9.17) is 17.3 Å². The number of nitrogens with two attached hydrogens (primary N) is 1. The number of benzene rings is 1. The lowest BCUT2D eigenvalue weighted by Crippen LogP contribution is -2.40. The Morgan fingerprint density at radius 3 is 3.05 bits per heavy atom. The van der Waals surface area contributed by atoms with Gasteiger partial charge in [-0.1, -0.05) is 29.8 Å². The summed E-state index contributed by atoms with van der Waals surface area (Å²) >= 11 is 7.82. The highest BCUT2D eigenvalue weighted by Crippen LogP contribution is 2.30. The van der Waals surface area contributed by atoms with Crippen LogP contribution in [0.2, 0.25) is 5.02 Å². The minimum atomic E-state index is -0.195. The van der Waals surface area contributed by atoms with E-state index in [1.54, 1.807) is 11.3 Å². The molecule has 1 fully saturated rings. The normalized spacial score (nSPS) is 19.2. The summed E-state index contributed by atoms with van der Waals surface area (Å²) in [6.45, 7) is 2.47. The zero-order valence-corrected chi connectivity index (χ0v) is 13.7. The first-order valence-electron chi connectivity index (χ1n) is 7.34. The molecule has 1 aromatic heterocycles. The van der Waals surface area contributed by atoms with E-state index in [0.717, 1.165) is 53.8 Å². The van der Waals surface area contributed by atoms with Crippen molar-refractivity contribution in [2.75, 3.05) is 13.1 Å². The van der Waals surface area contributed by atoms with Gasteiger partial charge in [-0.25, -0.2) is 4.98 Å². The van der Waals surface area contributed by atoms with Crippen LogP contribution < -0.4 is 5.73 Å². The second-order valence-corrected chi connectivity index (χ2v) is 6.87. The van der Waals surface area contributed by atoms with Crippen molar-refractivity contribution >= 4 is 28.8 Å². The molecule has 2 heterocycles. The van der Waals surface area contributed by atoms with Crippen LogP contribution >= 0.6 is 22.9 Å². The second kappa shape index (κ2) is 6.77. The van der Waals surface area contributed by atoms with E-state index in [1.807, 2.05) is 24.3 Å². The number of piperidine rings is 1. The van der Waals surface area contributed by atoms with Crippen LogP contribution in [0.25, 0.3) is 10.6 Å². The number of thiazole rings is 1. The number of primary amides is 1. The van der Waals surface area contributed by atoms with Crippen molar-refractivity contribution in [3.63, 3.8) is 0 Å². The third kappa shape index (κ3) is 3.48. The van der Waals surface area contributed by atoms with E-state index < -0.39 is 0 Å². The Hall–Kier alpha value is -1.43. The molecule has 6 heteroatoms. The molecule has 3 rings (SSSR count). The molecule has 1 atom stereocenters. The number of hydrogen-bond donors (Lipinski definition) is 1. The number of rotatable bonds is 4. The maximum atomic E-state index is 11.3. The van der Waals surface area contributed by atoms with Crippen molar-refractivity contribution in [1.29, 1.82) is 0 Å². The lowest BCUT2D eigenvalue weighted by molar-refractivity contribution is -0.123. The van der Waals surface area contributed by atoms with Gasteiger partial charge in [0.05, 0.1) is 16.6 Å². The molecule has 2 N–H and O–H groups in total. The summed E-state index contributed by atoms with van der Waals surface area (Å²) in [5.74, 6) is -0.227. The topological polar surface area (TPSA) is 59.2 Å². The van der Waals surface area contributed by atoms with Crippen LogP contribution in [0.5, 0.6) is 0 Å². The molecule has 1 aliphatic rings.